The molecule has 0 unspecified atom stereocenters. The summed E-state index contributed by atoms with van der Waals surface area (Å²) in [6.07, 6.45) is 1.42. The molecule has 0 aliphatic rings. The summed E-state index contributed by atoms with van der Waals surface area (Å²) in [5, 5.41) is 6.37. The molecule has 35 heavy (non-hydrogen) atoms. The molecule has 2 amide bonds. The van der Waals surface area contributed by atoms with Gasteiger partial charge in [-0.3, -0.25) is 9.59 Å². The number of benzene rings is 3. The number of amides is 2. The van der Waals surface area contributed by atoms with Crippen molar-refractivity contribution in [2.24, 2.45) is 5.10 Å². The van der Waals surface area contributed by atoms with E-state index in [0.29, 0.717) is 33.9 Å². The molecule has 0 radical (unpaired) electrons. The van der Waals surface area contributed by atoms with Gasteiger partial charge in [-0.05, 0) is 66.2 Å². The highest BCUT2D eigenvalue weighted by Gasteiger charge is 2.12. The van der Waals surface area contributed by atoms with E-state index in [1.54, 1.807) is 54.6 Å². The van der Waals surface area contributed by atoms with Crippen molar-refractivity contribution in [3.8, 4) is 17.2 Å². The third-order valence-corrected chi connectivity index (χ3v) is 5.10. The first-order chi connectivity index (χ1) is 16.9. The average Bonchev–Trinajstić information content (AvgIpc) is 2.87. The second-order valence-electron chi connectivity index (χ2n) is 7.01. The van der Waals surface area contributed by atoms with Gasteiger partial charge in [-0.2, -0.15) is 5.10 Å². The van der Waals surface area contributed by atoms with Gasteiger partial charge in [0, 0.05) is 10.0 Å². The minimum Gasteiger partial charge on any atom is -0.493 e. The van der Waals surface area contributed by atoms with Crippen LogP contribution < -0.4 is 25.0 Å². The Balaban J connectivity index is 1.46. The maximum absolute atomic E-state index is 12.3. The van der Waals surface area contributed by atoms with Crippen LogP contribution in [0.1, 0.15) is 26.3 Å². The zero-order valence-electron chi connectivity index (χ0n) is 18.9. The minimum absolute atomic E-state index is 0.269. The fourth-order valence-electron chi connectivity index (χ4n) is 2.86. The molecule has 0 heterocycles. The molecule has 9 nitrogen and oxygen atoms in total. The lowest BCUT2D eigenvalue weighted by atomic mass is 10.2. The number of methoxy groups -OCH3 is 2. The van der Waals surface area contributed by atoms with E-state index in [-0.39, 0.29) is 6.54 Å². The van der Waals surface area contributed by atoms with Crippen LogP contribution in [0.2, 0.25) is 0 Å². The van der Waals surface area contributed by atoms with E-state index in [0.717, 1.165) is 4.47 Å². The predicted octanol–water partition coefficient (Wildman–Crippen LogP) is 3.57. The molecule has 3 aromatic carbocycles. The monoisotopic (exact) mass is 539 g/mol. The lowest BCUT2D eigenvalue weighted by Gasteiger charge is -2.09. The quantitative estimate of drug-likeness (QED) is 0.186. The van der Waals surface area contributed by atoms with Crippen molar-refractivity contribution >= 4 is 39.9 Å². The number of carbonyl (C=O) groups excluding carboxylic acids is 3. The van der Waals surface area contributed by atoms with Crippen LogP contribution in [0.3, 0.4) is 0 Å². The van der Waals surface area contributed by atoms with Crippen LogP contribution in [-0.4, -0.2) is 44.8 Å². The number of hydrazone groups is 1. The van der Waals surface area contributed by atoms with Gasteiger partial charge < -0.3 is 19.5 Å². The SMILES string of the molecule is COc1ccc(C(=O)NCC(=O)NN=Cc2ccc(OC(=O)c3cccc(Br)c3)cc2)cc1OC. The summed E-state index contributed by atoms with van der Waals surface area (Å²) in [6, 6.07) is 18.2. The summed E-state index contributed by atoms with van der Waals surface area (Å²) >= 11 is 3.32. The standard InChI is InChI=1S/C25H22BrN3O6/c1-33-21-11-8-17(13-22(21)34-2)24(31)27-15-23(30)29-28-14-16-6-9-20(10-7-16)35-25(32)18-4-3-5-19(26)12-18/h3-14H,15H2,1-2H3,(H,27,31)(H,29,30). The average molecular weight is 540 g/mol. The zero-order chi connectivity index (χ0) is 25.2. The highest BCUT2D eigenvalue weighted by molar-refractivity contribution is 9.10. The van der Waals surface area contributed by atoms with E-state index < -0.39 is 17.8 Å². The molecule has 2 N–H and O–H groups in total. The van der Waals surface area contributed by atoms with Crippen molar-refractivity contribution in [2.45, 2.75) is 0 Å². The fraction of sp³-hybridized carbons (Fsp3) is 0.120. The number of hydrogen-bond donors (Lipinski definition) is 2. The van der Waals surface area contributed by atoms with Crippen LogP contribution in [0.4, 0.5) is 0 Å². The summed E-state index contributed by atoms with van der Waals surface area (Å²) < 4.78 is 16.4. The fourth-order valence-corrected chi connectivity index (χ4v) is 3.26. The van der Waals surface area contributed by atoms with Gasteiger partial charge in [0.15, 0.2) is 11.5 Å². The number of hydrogen-bond acceptors (Lipinski definition) is 7. The summed E-state index contributed by atoms with van der Waals surface area (Å²) in [7, 11) is 2.96. The second kappa shape index (κ2) is 12.3. The van der Waals surface area contributed by atoms with Crippen LogP contribution in [-0.2, 0) is 4.79 Å². The van der Waals surface area contributed by atoms with Crippen molar-refractivity contribution in [2.75, 3.05) is 20.8 Å². The smallest absolute Gasteiger partial charge is 0.343 e. The van der Waals surface area contributed by atoms with Gasteiger partial charge in [-0.15, -0.1) is 0 Å². The Hall–Kier alpha value is -4.18. The van der Waals surface area contributed by atoms with E-state index in [4.69, 9.17) is 14.2 Å². The summed E-state index contributed by atoms with van der Waals surface area (Å²) in [5.41, 5.74) is 3.74. The molecule has 0 fully saturated rings. The van der Waals surface area contributed by atoms with Gasteiger partial charge in [0.25, 0.3) is 11.8 Å². The molecule has 0 saturated carbocycles. The van der Waals surface area contributed by atoms with E-state index in [2.05, 4.69) is 31.8 Å². The Morgan fingerprint density at radius 3 is 2.34 bits per heavy atom. The van der Waals surface area contributed by atoms with Crippen molar-refractivity contribution in [3.63, 3.8) is 0 Å². The van der Waals surface area contributed by atoms with Crippen molar-refractivity contribution < 1.29 is 28.6 Å². The third kappa shape index (κ3) is 7.41. The second-order valence-corrected chi connectivity index (χ2v) is 7.93. The van der Waals surface area contributed by atoms with Crippen LogP contribution in [0.25, 0.3) is 0 Å². The zero-order valence-corrected chi connectivity index (χ0v) is 20.5. The Labute approximate surface area is 210 Å². The number of esters is 1. The number of halogens is 1. The molecular formula is C25H22BrN3O6. The molecule has 3 rings (SSSR count). The first kappa shape index (κ1) is 25.4. The normalized spacial score (nSPS) is 10.5. The van der Waals surface area contributed by atoms with Gasteiger partial charge in [-0.25, -0.2) is 10.2 Å². The predicted molar refractivity (Wildman–Crippen MR) is 133 cm³/mol. The molecule has 0 bridgehead atoms. The third-order valence-electron chi connectivity index (χ3n) is 4.61. The molecule has 0 aromatic heterocycles. The van der Waals surface area contributed by atoms with Crippen LogP contribution in [0.5, 0.6) is 17.2 Å². The van der Waals surface area contributed by atoms with Gasteiger partial charge in [-0.1, -0.05) is 22.0 Å². The number of rotatable bonds is 9. The van der Waals surface area contributed by atoms with Crippen molar-refractivity contribution in [3.05, 3.63) is 87.9 Å². The Bertz CT molecular complexity index is 1240. The molecule has 0 saturated heterocycles. The number of carbonyl (C=O) groups is 3. The lowest BCUT2D eigenvalue weighted by Crippen LogP contribution is -2.34. The molecular weight excluding hydrogens is 518 g/mol. The molecule has 3 aromatic rings. The summed E-state index contributed by atoms with van der Waals surface area (Å²) in [6.45, 7) is -0.269. The summed E-state index contributed by atoms with van der Waals surface area (Å²) in [4.78, 5) is 36.4. The molecule has 180 valence electrons. The largest absolute Gasteiger partial charge is 0.493 e. The molecule has 0 aliphatic heterocycles. The topological polar surface area (TPSA) is 115 Å². The summed E-state index contributed by atoms with van der Waals surface area (Å²) in [5.74, 6) is -0.160. The lowest BCUT2D eigenvalue weighted by molar-refractivity contribution is -0.120. The van der Waals surface area contributed by atoms with Gasteiger partial charge >= 0.3 is 5.97 Å². The van der Waals surface area contributed by atoms with Crippen molar-refractivity contribution in [1.82, 2.24) is 10.7 Å². The number of nitrogens with zero attached hydrogens (tertiary/aromatic N) is 1. The Kier molecular flexibility index (Phi) is 8.96. The molecule has 0 spiro atoms. The molecule has 10 heteroatoms. The Morgan fingerprint density at radius 2 is 1.66 bits per heavy atom. The highest BCUT2D eigenvalue weighted by Crippen LogP contribution is 2.27. The maximum atomic E-state index is 12.3. The van der Waals surface area contributed by atoms with Gasteiger partial charge in [0.2, 0.25) is 0 Å². The minimum atomic E-state index is -0.505. The van der Waals surface area contributed by atoms with E-state index >= 15 is 0 Å². The highest BCUT2D eigenvalue weighted by atomic mass is 79.9. The molecule has 0 aliphatic carbocycles. The molecule has 0 atom stereocenters. The van der Waals surface area contributed by atoms with Crippen LogP contribution >= 0.6 is 15.9 Å². The van der Waals surface area contributed by atoms with Crippen LogP contribution in [0, 0.1) is 0 Å². The van der Waals surface area contributed by atoms with E-state index in [1.165, 1.54) is 26.5 Å². The van der Waals surface area contributed by atoms with E-state index in [9.17, 15) is 14.4 Å². The first-order valence-electron chi connectivity index (χ1n) is 10.3. The number of nitrogens with one attached hydrogen (secondary N) is 2. The van der Waals surface area contributed by atoms with Crippen molar-refractivity contribution in [1.29, 1.82) is 0 Å². The number of ether oxygens (including phenoxy) is 3. The first-order valence-corrected chi connectivity index (χ1v) is 11.1. The van der Waals surface area contributed by atoms with Crippen LogP contribution in [0.15, 0.2) is 76.3 Å². The Morgan fingerprint density at radius 1 is 0.914 bits per heavy atom. The maximum Gasteiger partial charge on any atom is 0.343 e. The van der Waals surface area contributed by atoms with Gasteiger partial charge in [0.05, 0.1) is 32.5 Å². The van der Waals surface area contributed by atoms with E-state index in [1.807, 2.05) is 6.07 Å². The van der Waals surface area contributed by atoms with Gasteiger partial charge in [0.1, 0.15) is 5.75 Å².